The summed E-state index contributed by atoms with van der Waals surface area (Å²) in [5.41, 5.74) is 1.44. The van der Waals surface area contributed by atoms with Crippen LogP contribution in [0.3, 0.4) is 0 Å². The molecule has 0 aliphatic heterocycles. The summed E-state index contributed by atoms with van der Waals surface area (Å²) >= 11 is 3.70. The van der Waals surface area contributed by atoms with Crippen molar-refractivity contribution in [3.63, 3.8) is 0 Å². The summed E-state index contributed by atoms with van der Waals surface area (Å²) in [5, 5.41) is 4.81. The van der Waals surface area contributed by atoms with Crippen molar-refractivity contribution in [2.45, 2.75) is 58.4 Å². The molecule has 1 aromatic heterocycles. The fourth-order valence-corrected chi connectivity index (χ4v) is 3.38. The first-order valence-electron chi connectivity index (χ1n) is 6.06. The van der Waals surface area contributed by atoms with E-state index >= 15 is 0 Å². The van der Waals surface area contributed by atoms with Crippen LogP contribution in [0.2, 0.25) is 0 Å². The third kappa shape index (κ3) is 4.98. The van der Waals surface area contributed by atoms with Crippen LogP contribution < -0.4 is 5.32 Å². The molecule has 0 aromatic carbocycles. The highest BCUT2D eigenvalue weighted by Gasteiger charge is 2.16. The van der Waals surface area contributed by atoms with Crippen LogP contribution in [0, 0.1) is 0 Å². The number of thioether (sulfide) groups is 1. The monoisotopic (exact) mass is 272 g/mol. The van der Waals surface area contributed by atoms with Gasteiger partial charge in [0.2, 0.25) is 0 Å². The minimum absolute atomic E-state index is 0.165. The predicted octanol–water partition coefficient (Wildman–Crippen LogP) is 4.02. The van der Waals surface area contributed by atoms with Crippen LogP contribution in [-0.4, -0.2) is 16.8 Å². The first-order chi connectivity index (χ1) is 7.83. The molecule has 1 rings (SSSR count). The van der Waals surface area contributed by atoms with Gasteiger partial charge in [-0.25, -0.2) is 4.98 Å². The SMILES string of the molecule is CSCc1nc(C(C)C)c(CNC(C)(C)C)s1. The lowest BCUT2D eigenvalue weighted by atomic mass is 10.1. The minimum atomic E-state index is 0.165. The van der Waals surface area contributed by atoms with E-state index in [0.29, 0.717) is 5.92 Å². The van der Waals surface area contributed by atoms with Crippen molar-refractivity contribution >= 4 is 23.1 Å². The Morgan fingerprint density at radius 1 is 1.35 bits per heavy atom. The van der Waals surface area contributed by atoms with Crippen molar-refractivity contribution in [1.82, 2.24) is 10.3 Å². The summed E-state index contributed by atoms with van der Waals surface area (Å²) in [5.74, 6) is 1.54. The number of thiazole rings is 1. The Balaban J connectivity index is 2.81. The van der Waals surface area contributed by atoms with Gasteiger partial charge in [-0.05, 0) is 32.9 Å². The Kier molecular flexibility index (Phi) is 5.48. The Labute approximate surface area is 114 Å². The maximum atomic E-state index is 4.76. The Morgan fingerprint density at radius 2 is 2.00 bits per heavy atom. The third-order valence-electron chi connectivity index (χ3n) is 2.37. The summed E-state index contributed by atoms with van der Waals surface area (Å²) < 4.78 is 0. The Morgan fingerprint density at radius 3 is 2.47 bits per heavy atom. The van der Waals surface area contributed by atoms with Crippen LogP contribution in [0.1, 0.15) is 56.1 Å². The number of nitrogens with one attached hydrogen (secondary N) is 1. The fraction of sp³-hybridized carbons (Fsp3) is 0.769. The van der Waals surface area contributed by atoms with Crippen molar-refractivity contribution < 1.29 is 0 Å². The standard InChI is InChI=1S/C13H24N2S2/c1-9(2)12-10(7-14-13(3,4)5)17-11(15-12)8-16-6/h9,14H,7-8H2,1-6H3. The Bertz CT molecular complexity index is 351. The zero-order valence-electron chi connectivity index (χ0n) is 11.8. The van der Waals surface area contributed by atoms with Crippen LogP contribution in [0.15, 0.2) is 0 Å². The molecule has 98 valence electrons. The average Bonchev–Trinajstić information content (AvgIpc) is 2.58. The summed E-state index contributed by atoms with van der Waals surface area (Å²) in [6.45, 7) is 12.0. The molecule has 1 aromatic rings. The molecule has 1 N–H and O–H groups in total. The molecule has 4 heteroatoms. The molecule has 0 unspecified atom stereocenters. The van der Waals surface area contributed by atoms with E-state index < -0.39 is 0 Å². The van der Waals surface area contributed by atoms with Crippen LogP contribution >= 0.6 is 23.1 Å². The molecule has 0 radical (unpaired) electrons. The number of rotatable bonds is 5. The molecule has 0 saturated heterocycles. The molecular weight excluding hydrogens is 248 g/mol. The quantitative estimate of drug-likeness (QED) is 0.876. The minimum Gasteiger partial charge on any atom is -0.307 e. The van der Waals surface area contributed by atoms with E-state index in [9.17, 15) is 0 Å². The fourth-order valence-electron chi connectivity index (χ4n) is 1.52. The van der Waals surface area contributed by atoms with E-state index in [0.717, 1.165) is 12.3 Å². The van der Waals surface area contributed by atoms with Crippen LogP contribution in [0.5, 0.6) is 0 Å². The van der Waals surface area contributed by atoms with Crippen molar-refractivity contribution in [2.24, 2.45) is 0 Å². The van der Waals surface area contributed by atoms with Gasteiger partial charge in [0.1, 0.15) is 5.01 Å². The van der Waals surface area contributed by atoms with E-state index in [1.807, 2.05) is 23.1 Å². The van der Waals surface area contributed by atoms with Gasteiger partial charge in [-0.3, -0.25) is 0 Å². The van der Waals surface area contributed by atoms with Crippen molar-refractivity contribution in [2.75, 3.05) is 6.26 Å². The molecule has 1 heterocycles. The lowest BCUT2D eigenvalue weighted by molar-refractivity contribution is 0.425. The second-order valence-electron chi connectivity index (χ2n) is 5.61. The second-order valence-corrected chi connectivity index (χ2v) is 7.64. The Hall–Kier alpha value is -0.0600. The second kappa shape index (κ2) is 6.21. The van der Waals surface area contributed by atoms with E-state index in [1.54, 1.807) is 0 Å². The van der Waals surface area contributed by atoms with Gasteiger partial charge in [-0.1, -0.05) is 13.8 Å². The highest BCUT2D eigenvalue weighted by Crippen LogP contribution is 2.27. The topological polar surface area (TPSA) is 24.9 Å². The molecule has 0 amide bonds. The first-order valence-corrected chi connectivity index (χ1v) is 8.27. The lowest BCUT2D eigenvalue weighted by Crippen LogP contribution is -2.35. The normalized spacial score (nSPS) is 12.4. The number of nitrogens with zero attached hydrogens (tertiary/aromatic N) is 1. The molecule has 0 aliphatic carbocycles. The lowest BCUT2D eigenvalue weighted by Gasteiger charge is -2.20. The zero-order valence-corrected chi connectivity index (χ0v) is 13.4. The van der Waals surface area contributed by atoms with Crippen LogP contribution in [0.25, 0.3) is 0 Å². The highest BCUT2D eigenvalue weighted by atomic mass is 32.2. The van der Waals surface area contributed by atoms with Crippen LogP contribution in [-0.2, 0) is 12.3 Å². The molecule has 0 fully saturated rings. The van der Waals surface area contributed by atoms with Crippen LogP contribution in [0.4, 0.5) is 0 Å². The molecule has 17 heavy (non-hydrogen) atoms. The summed E-state index contributed by atoms with van der Waals surface area (Å²) in [6, 6.07) is 0. The van der Waals surface area contributed by atoms with Crippen molar-refractivity contribution in [3.05, 3.63) is 15.6 Å². The van der Waals surface area contributed by atoms with Crippen molar-refractivity contribution in [1.29, 1.82) is 0 Å². The summed E-state index contributed by atoms with van der Waals surface area (Å²) in [6.07, 6.45) is 2.13. The van der Waals surface area contributed by atoms with Gasteiger partial charge in [0.15, 0.2) is 0 Å². The maximum absolute atomic E-state index is 4.76. The van der Waals surface area contributed by atoms with E-state index in [-0.39, 0.29) is 5.54 Å². The van der Waals surface area contributed by atoms with Gasteiger partial charge in [0, 0.05) is 22.7 Å². The smallest absolute Gasteiger partial charge is 0.103 e. The first kappa shape index (κ1) is 15.0. The average molecular weight is 272 g/mol. The number of hydrogen-bond acceptors (Lipinski definition) is 4. The zero-order chi connectivity index (χ0) is 13.1. The van der Waals surface area contributed by atoms with Gasteiger partial charge in [-0.2, -0.15) is 11.8 Å². The third-order valence-corrected chi connectivity index (χ3v) is 4.18. The predicted molar refractivity (Wildman–Crippen MR) is 80.0 cm³/mol. The molecule has 2 nitrogen and oxygen atoms in total. The number of aromatic nitrogens is 1. The molecule has 0 aliphatic rings. The molecule has 0 atom stereocenters. The highest BCUT2D eigenvalue weighted by molar-refractivity contribution is 7.97. The van der Waals surface area contributed by atoms with E-state index in [4.69, 9.17) is 4.98 Å². The number of hydrogen-bond donors (Lipinski definition) is 1. The summed E-state index contributed by atoms with van der Waals surface area (Å²) in [7, 11) is 0. The summed E-state index contributed by atoms with van der Waals surface area (Å²) in [4.78, 5) is 6.16. The maximum Gasteiger partial charge on any atom is 0.103 e. The van der Waals surface area contributed by atoms with Gasteiger partial charge < -0.3 is 5.32 Å². The van der Waals surface area contributed by atoms with Gasteiger partial charge in [0.05, 0.1) is 5.69 Å². The van der Waals surface area contributed by atoms with Gasteiger partial charge in [0.25, 0.3) is 0 Å². The van der Waals surface area contributed by atoms with E-state index in [1.165, 1.54) is 15.6 Å². The van der Waals surface area contributed by atoms with Gasteiger partial charge >= 0.3 is 0 Å². The molecule has 0 bridgehead atoms. The molecular formula is C13H24N2S2. The molecule has 0 saturated carbocycles. The van der Waals surface area contributed by atoms with Gasteiger partial charge in [-0.15, -0.1) is 11.3 Å². The van der Waals surface area contributed by atoms with E-state index in [2.05, 4.69) is 46.2 Å². The largest absolute Gasteiger partial charge is 0.307 e. The van der Waals surface area contributed by atoms with Crippen molar-refractivity contribution in [3.8, 4) is 0 Å². The molecule has 0 spiro atoms.